The maximum atomic E-state index is 12.2. The van der Waals surface area contributed by atoms with E-state index in [-0.39, 0.29) is 30.7 Å². The number of hydrogen-bond acceptors (Lipinski definition) is 5. The van der Waals surface area contributed by atoms with E-state index in [0.29, 0.717) is 17.7 Å². The minimum atomic E-state index is -0.330. The quantitative estimate of drug-likeness (QED) is 0.811. The van der Waals surface area contributed by atoms with Gasteiger partial charge in [0.1, 0.15) is 0 Å². The van der Waals surface area contributed by atoms with Crippen LogP contribution in [0, 0.1) is 6.92 Å². The smallest absolute Gasteiger partial charge is 0.261 e. The Balaban J connectivity index is 1.47. The Kier molecular flexibility index (Phi) is 4.71. The van der Waals surface area contributed by atoms with Crippen molar-refractivity contribution < 1.29 is 14.4 Å². The number of carbonyl (C=O) groups excluding carboxylic acids is 3. The number of amides is 3. The van der Waals surface area contributed by atoms with E-state index in [2.05, 4.69) is 10.3 Å². The molecule has 0 saturated heterocycles. The summed E-state index contributed by atoms with van der Waals surface area (Å²) >= 11 is 1.61. The van der Waals surface area contributed by atoms with Crippen LogP contribution in [0.15, 0.2) is 30.5 Å². The van der Waals surface area contributed by atoms with E-state index in [9.17, 15) is 14.4 Å². The molecule has 3 rings (SSSR count). The molecule has 0 fully saturated rings. The number of thiazole rings is 1. The Morgan fingerprint density at radius 2 is 1.88 bits per heavy atom. The highest BCUT2D eigenvalue weighted by Gasteiger charge is 2.34. The van der Waals surface area contributed by atoms with Crippen LogP contribution < -0.4 is 5.32 Å². The predicted octanol–water partition coefficient (Wildman–Crippen LogP) is 1.80. The molecule has 0 aliphatic carbocycles. The summed E-state index contributed by atoms with van der Waals surface area (Å²) in [5.41, 5.74) is 0.812. The Morgan fingerprint density at radius 3 is 2.46 bits per heavy atom. The van der Waals surface area contributed by atoms with Crippen LogP contribution in [0.1, 0.15) is 37.0 Å². The molecule has 6 nitrogen and oxygen atoms in total. The first-order valence-corrected chi connectivity index (χ1v) is 8.51. The number of nitrogens with zero attached hydrogens (tertiary/aromatic N) is 2. The highest BCUT2D eigenvalue weighted by molar-refractivity contribution is 7.11. The largest absolute Gasteiger partial charge is 0.356 e. The van der Waals surface area contributed by atoms with Gasteiger partial charge in [0.2, 0.25) is 5.91 Å². The maximum absolute atomic E-state index is 12.2. The van der Waals surface area contributed by atoms with Crippen LogP contribution in [0.2, 0.25) is 0 Å². The van der Waals surface area contributed by atoms with E-state index >= 15 is 0 Å². The number of benzene rings is 1. The number of aryl methyl sites for hydroxylation is 1. The van der Waals surface area contributed by atoms with Gasteiger partial charge in [-0.3, -0.25) is 19.3 Å². The lowest BCUT2D eigenvalue weighted by atomic mass is 10.1. The standard InChI is InChI=1S/C17H17N3O3S/c1-11-19-10-12(24-11)6-8-18-15(21)7-9-20-16(22)13-4-2-3-5-14(13)17(20)23/h2-5,10H,6-9H2,1H3,(H,18,21). The van der Waals surface area contributed by atoms with Crippen LogP contribution in [0.3, 0.4) is 0 Å². The fourth-order valence-corrected chi connectivity index (χ4v) is 3.38. The minimum absolute atomic E-state index is 0.0951. The lowest BCUT2D eigenvalue weighted by Crippen LogP contribution is -2.35. The van der Waals surface area contributed by atoms with Crippen LogP contribution in [0.5, 0.6) is 0 Å². The zero-order valence-electron chi connectivity index (χ0n) is 13.2. The number of rotatable bonds is 6. The molecule has 2 aromatic rings. The van der Waals surface area contributed by atoms with Gasteiger partial charge < -0.3 is 5.32 Å². The van der Waals surface area contributed by atoms with Gasteiger partial charge >= 0.3 is 0 Å². The number of nitrogens with one attached hydrogen (secondary N) is 1. The van der Waals surface area contributed by atoms with Gasteiger partial charge in [0.05, 0.1) is 16.1 Å². The van der Waals surface area contributed by atoms with Crippen molar-refractivity contribution in [3.8, 4) is 0 Å². The van der Waals surface area contributed by atoms with Crippen molar-refractivity contribution in [1.82, 2.24) is 15.2 Å². The first-order valence-electron chi connectivity index (χ1n) is 7.69. The summed E-state index contributed by atoms with van der Waals surface area (Å²) in [7, 11) is 0. The fourth-order valence-electron chi connectivity index (χ4n) is 2.59. The van der Waals surface area contributed by atoms with E-state index in [1.807, 2.05) is 13.1 Å². The molecule has 0 saturated carbocycles. The third-order valence-electron chi connectivity index (χ3n) is 3.80. The van der Waals surface area contributed by atoms with Crippen molar-refractivity contribution in [2.75, 3.05) is 13.1 Å². The highest BCUT2D eigenvalue weighted by Crippen LogP contribution is 2.22. The molecule has 0 radical (unpaired) electrons. The highest BCUT2D eigenvalue weighted by atomic mass is 32.1. The van der Waals surface area contributed by atoms with Gasteiger partial charge in [-0.25, -0.2) is 4.98 Å². The molecule has 1 aromatic carbocycles. The molecular weight excluding hydrogens is 326 g/mol. The van der Waals surface area contributed by atoms with E-state index < -0.39 is 0 Å². The predicted molar refractivity (Wildman–Crippen MR) is 90.0 cm³/mol. The molecule has 1 N–H and O–H groups in total. The van der Waals surface area contributed by atoms with E-state index in [1.165, 1.54) is 0 Å². The molecule has 3 amide bonds. The molecule has 2 heterocycles. The van der Waals surface area contributed by atoms with E-state index in [4.69, 9.17) is 0 Å². The molecule has 1 aromatic heterocycles. The number of hydrogen-bond donors (Lipinski definition) is 1. The molecule has 0 atom stereocenters. The van der Waals surface area contributed by atoms with Crippen molar-refractivity contribution in [1.29, 1.82) is 0 Å². The average molecular weight is 343 g/mol. The summed E-state index contributed by atoms with van der Waals surface area (Å²) in [6, 6.07) is 6.71. The molecule has 7 heteroatoms. The second kappa shape index (κ2) is 6.92. The topological polar surface area (TPSA) is 79.4 Å². The molecule has 0 unspecified atom stereocenters. The average Bonchev–Trinajstić information content (AvgIpc) is 3.09. The van der Waals surface area contributed by atoms with Crippen molar-refractivity contribution in [3.63, 3.8) is 0 Å². The molecular formula is C17H17N3O3S. The molecule has 0 bridgehead atoms. The summed E-state index contributed by atoms with van der Waals surface area (Å²) in [6.45, 7) is 2.55. The van der Waals surface area contributed by atoms with E-state index in [0.717, 1.165) is 21.2 Å². The maximum Gasteiger partial charge on any atom is 0.261 e. The van der Waals surface area contributed by atoms with Crippen molar-refractivity contribution in [2.45, 2.75) is 19.8 Å². The van der Waals surface area contributed by atoms with Gasteiger partial charge in [-0.2, -0.15) is 0 Å². The second-order valence-corrected chi connectivity index (χ2v) is 6.82. The van der Waals surface area contributed by atoms with Gasteiger partial charge in [0, 0.05) is 37.0 Å². The Morgan fingerprint density at radius 1 is 1.21 bits per heavy atom. The van der Waals surface area contributed by atoms with Gasteiger partial charge in [-0.05, 0) is 19.1 Å². The van der Waals surface area contributed by atoms with Crippen molar-refractivity contribution >= 4 is 29.1 Å². The molecule has 0 spiro atoms. The third kappa shape index (κ3) is 3.35. The number of fused-ring (bicyclic) bond motifs is 1. The summed E-state index contributed by atoms with van der Waals surface area (Å²) < 4.78 is 0. The summed E-state index contributed by atoms with van der Waals surface area (Å²) in [5.74, 6) is -0.833. The lowest BCUT2D eigenvalue weighted by molar-refractivity contribution is -0.121. The summed E-state index contributed by atoms with van der Waals surface area (Å²) in [4.78, 5) is 42.7. The monoisotopic (exact) mass is 343 g/mol. The van der Waals surface area contributed by atoms with Crippen LogP contribution in [0.25, 0.3) is 0 Å². The van der Waals surface area contributed by atoms with E-state index in [1.54, 1.807) is 35.6 Å². The van der Waals surface area contributed by atoms with Gasteiger partial charge in [0.25, 0.3) is 11.8 Å². The van der Waals surface area contributed by atoms with Gasteiger partial charge in [-0.15, -0.1) is 11.3 Å². The lowest BCUT2D eigenvalue weighted by Gasteiger charge is -2.13. The minimum Gasteiger partial charge on any atom is -0.356 e. The molecule has 1 aliphatic rings. The van der Waals surface area contributed by atoms with Crippen LogP contribution in [0.4, 0.5) is 0 Å². The van der Waals surface area contributed by atoms with Crippen molar-refractivity contribution in [2.24, 2.45) is 0 Å². The zero-order chi connectivity index (χ0) is 17.1. The first-order chi connectivity index (χ1) is 11.6. The Bertz CT molecular complexity index is 765. The number of imide groups is 1. The van der Waals surface area contributed by atoms with Crippen LogP contribution in [-0.4, -0.2) is 40.7 Å². The molecule has 24 heavy (non-hydrogen) atoms. The number of carbonyl (C=O) groups is 3. The number of aromatic nitrogens is 1. The third-order valence-corrected chi connectivity index (χ3v) is 4.78. The summed E-state index contributed by atoms with van der Waals surface area (Å²) in [5, 5.41) is 3.81. The SMILES string of the molecule is Cc1ncc(CCNC(=O)CCN2C(=O)c3ccccc3C2=O)s1. The second-order valence-electron chi connectivity index (χ2n) is 5.50. The Labute approximate surface area is 143 Å². The normalized spacial score (nSPS) is 13.3. The Hall–Kier alpha value is -2.54. The van der Waals surface area contributed by atoms with Gasteiger partial charge in [-0.1, -0.05) is 12.1 Å². The van der Waals surface area contributed by atoms with Gasteiger partial charge in [0.15, 0.2) is 0 Å². The molecule has 124 valence electrons. The van der Waals surface area contributed by atoms with Crippen LogP contribution in [-0.2, 0) is 11.2 Å². The molecule has 1 aliphatic heterocycles. The van der Waals surface area contributed by atoms with Crippen molar-refractivity contribution in [3.05, 3.63) is 51.5 Å². The first kappa shape index (κ1) is 16.3. The summed E-state index contributed by atoms with van der Waals surface area (Å²) in [6.07, 6.45) is 2.64. The van der Waals surface area contributed by atoms with Crippen LogP contribution >= 0.6 is 11.3 Å². The fraction of sp³-hybridized carbons (Fsp3) is 0.294. The zero-order valence-corrected chi connectivity index (χ0v) is 14.1.